The van der Waals surface area contributed by atoms with E-state index in [9.17, 15) is 4.79 Å². The summed E-state index contributed by atoms with van der Waals surface area (Å²) in [6, 6.07) is 9.69. The van der Waals surface area contributed by atoms with Crippen molar-refractivity contribution >= 4 is 11.6 Å². The zero-order valence-corrected chi connectivity index (χ0v) is 13.4. The fourth-order valence-electron chi connectivity index (χ4n) is 2.11. The third-order valence-electron chi connectivity index (χ3n) is 3.68. The van der Waals surface area contributed by atoms with Gasteiger partial charge >= 0.3 is 0 Å². The van der Waals surface area contributed by atoms with Gasteiger partial charge in [-0.1, -0.05) is 18.5 Å². The van der Waals surface area contributed by atoms with E-state index >= 15 is 0 Å². The highest BCUT2D eigenvalue weighted by Gasteiger charge is 2.07. The Morgan fingerprint density at radius 3 is 2.57 bits per heavy atom. The molecule has 1 aromatic carbocycles. The first-order valence-electron chi connectivity index (χ1n) is 7.22. The van der Waals surface area contributed by atoms with Crippen LogP contribution in [0.1, 0.15) is 31.5 Å². The van der Waals surface area contributed by atoms with Crippen LogP contribution in [0.5, 0.6) is 0 Å². The molecule has 2 aromatic rings. The summed E-state index contributed by atoms with van der Waals surface area (Å²) in [6.07, 6.45) is 2.95. The van der Waals surface area contributed by atoms with Gasteiger partial charge in [-0.2, -0.15) is 0 Å². The molecule has 2 rings (SSSR count). The minimum absolute atomic E-state index is 0.0773. The lowest BCUT2D eigenvalue weighted by atomic mass is 10.2. The van der Waals surface area contributed by atoms with Crippen molar-refractivity contribution in [3.63, 3.8) is 0 Å². The number of halogens is 1. The van der Waals surface area contributed by atoms with E-state index < -0.39 is 0 Å². The summed E-state index contributed by atoms with van der Waals surface area (Å²) in [5, 5.41) is 4.07. The zero-order chi connectivity index (χ0) is 15.4. The average Bonchev–Trinajstić information content (AvgIpc) is 2.47. The summed E-state index contributed by atoms with van der Waals surface area (Å²) in [4.78, 5) is 12.1. The van der Waals surface area contributed by atoms with Crippen molar-refractivity contribution in [2.45, 2.75) is 39.8 Å². The molecule has 112 valence electrons. The topological polar surface area (TPSA) is 34.0 Å². The van der Waals surface area contributed by atoms with Crippen LogP contribution in [0.4, 0.5) is 0 Å². The largest absolute Gasteiger partial charge is 0.321 e. The summed E-state index contributed by atoms with van der Waals surface area (Å²) in [5.74, 6) is 0. The first-order chi connectivity index (χ1) is 10.0. The van der Waals surface area contributed by atoms with E-state index in [4.69, 9.17) is 11.6 Å². The third-order valence-corrected chi connectivity index (χ3v) is 3.93. The molecule has 0 bridgehead atoms. The molecule has 1 unspecified atom stereocenters. The number of rotatable bonds is 5. The summed E-state index contributed by atoms with van der Waals surface area (Å²) in [5.41, 5.74) is 2.76. The first kappa shape index (κ1) is 15.8. The molecular formula is C17H21ClN2O. The lowest BCUT2D eigenvalue weighted by Gasteiger charge is -2.15. The minimum Gasteiger partial charge on any atom is -0.321 e. The maximum absolute atomic E-state index is 12.1. The van der Waals surface area contributed by atoms with Crippen LogP contribution in [0.2, 0.25) is 5.02 Å². The molecule has 0 radical (unpaired) electrons. The Bertz CT molecular complexity index is 661. The highest BCUT2D eigenvalue weighted by atomic mass is 35.5. The van der Waals surface area contributed by atoms with E-state index in [0.29, 0.717) is 17.6 Å². The number of pyridine rings is 1. The predicted molar refractivity (Wildman–Crippen MR) is 88.4 cm³/mol. The van der Waals surface area contributed by atoms with Crippen molar-refractivity contribution in [3.05, 3.63) is 63.0 Å². The highest BCUT2D eigenvalue weighted by Crippen LogP contribution is 2.15. The maximum Gasteiger partial charge on any atom is 0.186 e. The standard InChI is InChI=1S/C17H21ClN2O/c1-4-12(2)19-10-14-11-20(13(3)9-17(14)21)16-7-5-15(18)6-8-16/h5-9,11-12,19H,4,10H2,1-3H3. The number of aryl methyl sites for hydroxylation is 1. The SMILES string of the molecule is CCC(C)NCc1cn(-c2ccc(Cl)cc2)c(C)cc1=O. The van der Waals surface area contributed by atoms with Crippen LogP contribution in [-0.2, 0) is 6.54 Å². The Morgan fingerprint density at radius 2 is 1.95 bits per heavy atom. The van der Waals surface area contributed by atoms with Crippen LogP contribution in [-0.4, -0.2) is 10.6 Å². The van der Waals surface area contributed by atoms with Gasteiger partial charge in [0.2, 0.25) is 0 Å². The van der Waals surface area contributed by atoms with E-state index in [1.165, 1.54) is 0 Å². The summed E-state index contributed by atoms with van der Waals surface area (Å²) in [7, 11) is 0. The third kappa shape index (κ3) is 3.96. The number of hydrogen-bond acceptors (Lipinski definition) is 2. The van der Waals surface area contributed by atoms with Gasteiger partial charge in [-0.15, -0.1) is 0 Å². The van der Waals surface area contributed by atoms with Crippen LogP contribution in [0.15, 0.2) is 41.3 Å². The smallest absolute Gasteiger partial charge is 0.186 e. The van der Waals surface area contributed by atoms with Gasteiger partial charge in [0.25, 0.3) is 0 Å². The summed E-state index contributed by atoms with van der Waals surface area (Å²) < 4.78 is 2.02. The van der Waals surface area contributed by atoms with Gasteiger partial charge in [0.05, 0.1) is 0 Å². The lowest BCUT2D eigenvalue weighted by molar-refractivity contribution is 0.532. The minimum atomic E-state index is 0.0773. The molecule has 21 heavy (non-hydrogen) atoms. The summed E-state index contributed by atoms with van der Waals surface area (Å²) in [6.45, 7) is 6.76. The van der Waals surface area contributed by atoms with E-state index in [1.807, 2.05) is 42.0 Å². The van der Waals surface area contributed by atoms with Gasteiger partial charge in [-0.05, 0) is 44.5 Å². The Balaban J connectivity index is 2.34. The van der Waals surface area contributed by atoms with Gasteiger partial charge in [0.1, 0.15) is 0 Å². The molecule has 0 aliphatic heterocycles. The molecule has 4 heteroatoms. The molecular weight excluding hydrogens is 284 g/mol. The van der Waals surface area contributed by atoms with Gasteiger partial charge in [0.15, 0.2) is 5.43 Å². The van der Waals surface area contributed by atoms with Crippen LogP contribution < -0.4 is 10.7 Å². The fraction of sp³-hybridized carbons (Fsp3) is 0.353. The van der Waals surface area contributed by atoms with E-state index in [-0.39, 0.29) is 5.43 Å². The quantitative estimate of drug-likeness (QED) is 0.914. The molecule has 0 saturated heterocycles. The molecule has 1 aromatic heterocycles. The molecule has 0 spiro atoms. The van der Waals surface area contributed by atoms with Crippen molar-refractivity contribution in [1.82, 2.24) is 9.88 Å². The molecule has 0 aliphatic rings. The van der Waals surface area contributed by atoms with Crippen LogP contribution >= 0.6 is 11.6 Å². The van der Waals surface area contributed by atoms with Crippen LogP contribution in [0.3, 0.4) is 0 Å². The average molecular weight is 305 g/mol. The fourth-order valence-corrected chi connectivity index (χ4v) is 2.24. The number of benzene rings is 1. The number of hydrogen-bond donors (Lipinski definition) is 1. The van der Waals surface area contributed by atoms with Gasteiger partial charge < -0.3 is 9.88 Å². The highest BCUT2D eigenvalue weighted by molar-refractivity contribution is 6.30. The predicted octanol–water partition coefficient (Wildman–Crippen LogP) is 3.69. The monoisotopic (exact) mass is 304 g/mol. The van der Waals surface area contributed by atoms with E-state index in [0.717, 1.165) is 23.4 Å². The van der Waals surface area contributed by atoms with Crippen LogP contribution in [0.25, 0.3) is 5.69 Å². The van der Waals surface area contributed by atoms with Crippen molar-refractivity contribution in [3.8, 4) is 5.69 Å². The Labute approximate surface area is 130 Å². The maximum atomic E-state index is 12.1. The Kier molecular flexibility index (Phi) is 5.21. The molecule has 1 atom stereocenters. The molecule has 1 N–H and O–H groups in total. The van der Waals surface area contributed by atoms with Crippen molar-refractivity contribution < 1.29 is 0 Å². The molecule has 1 heterocycles. The lowest BCUT2D eigenvalue weighted by Crippen LogP contribution is -2.28. The van der Waals surface area contributed by atoms with Gasteiger partial charge in [0, 0.05) is 46.8 Å². The Morgan fingerprint density at radius 1 is 1.29 bits per heavy atom. The van der Waals surface area contributed by atoms with Crippen molar-refractivity contribution in [1.29, 1.82) is 0 Å². The number of aromatic nitrogens is 1. The zero-order valence-electron chi connectivity index (χ0n) is 12.7. The molecule has 0 aliphatic carbocycles. The van der Waals surface area contributed by atoms with E-state index in [1.54, 1.807) is 6.07 Å². The second-order valence-corrected chi connectivity index (χ2v) is 5.78. The van der Waals surface area contributed by atoms with Gasteiger partial charge in [-0.3, -0.25) is 4.79 Å². The van der Waals surface area contributed by atoms with Crippen LogP contribution in [0, 0.1) is 6.92 Å². The molecule has 3 nitrogen and oxygen atoms in total. The normalized spacial score (nSPS) is 12.4. The second-order valence-electron chi connectivity index (χ2n) is 5.34. The molecule has 0 saturated carbocycles. The number of nitrogens with zero attached hydrogens (tertiary/aromatic N) is 1. The summed E-state index contributed by atoms with van der Waals surface area (Å²) >= 11 is 5.93. The van der Waals surface area contributed by atoms with E-state index in [2.05, 4.69) is 19.2 Å². The van der Waals surface area contributed by atoms with Crippen molar-refractivity contribution in [2.24, 2.45) is 0 Å². The Hall–Kier alpha value is -1.58. The number of nitrogens with one attached hydrogen (secondary N) is 1. The van der Waals surface area contributed by atoms with Crippen molar-refractivity contribution in [2.75, 3.05) is 0 Å². The second kappa shape index (κ2) is 6.92. The molecule has 0 fully saturated rings. The van der Waals surface area contributed by atoms with Gasteiger partial charge in [-0.25, -0.2) is 0 Å². The first-order valence-corrected chi connectivity index (χ1v) is 7.60. The molecule has 0 amide bonds.